The number of carbonyl (C=O) groups excluding carboxylic acids is 1. The maximum absolute atomic E-state index is 13.1. The highest BCUT2D eigenvalue weighted by molar-refractivity contribution is 7.92. The van der Waals surface area contributed by atoms with Crippen LogP contribution in [-0.4, -0.2) is 26.6 Å². The lowest BCUT2D eigenvalue weighted by molar-refractivity contribution is -0.122. The van der Waals surface area contributed by atoms with Crippen LogP contribution in [0.2, 0.25) is 0 Å². The number of hydrogen-bond donors (Lipinski definition) is 1. The van der Waals surface area contributed by atoms with E-state index in [1.165, 1.54) is 43.3 Å². The zero-order valence-electron chi connectivity index (χ0n) is 13.7. The molecule has 0 aliphatic heterocycles. The highest BCUT2D eigenvalue weighted by Gasteiger charge is 2.28. The van der Waals surface area contributed by atoms with Gasteiger partial charge >= 0.3 is 0 Å². The molecule has 0 bridgehead atoms. The lowest BCUT2D eigenvalue weighted by atomic mass is 10.2. The monoisotopic (exact) mass is 368 g/mol. The van der Waals surface area contributed by atoms with Crippen molar-refractivity contribution in [2.75, 3.05) is 10.6 Å². The van der Waals surface area contributed by atoms with Gasteiger partial charge in [-0.1, -0.05) is 12.1 Å². The summed E-state index contributed by atoms with van der Waals surface area (Å²) in [4.78, 5) is 12.3. The first-order valence-corrected chi connectivity index (χ1v) is 9.30. The summed E-state index contributed by atoms with van der Waals surface area (Å²) in [7, 11) is -3.76. The second-order valence-corrected chi connectivity index (χ2v) is 7.41. The third-order valence-electron chi connectivity index (χ3n) is 3.55. The maximum atomic E-state index is 13.1. The molecule has 2 rings (SSSR count). The van der Waals surface area contributed by atoms with Crippen molar-refractivity contribution in [2.45, 2.75) is 19.5 Å². The summed E-state index contributed by atoms with van der Waals surface area (Å²) < 4.78 is 51.0. The SMILES string of the molecule is C[C@H](C(=O)NCc1ccc(F)cc1)N(c1ccc(F)cc1)S(C)(=O)=O. The van der Waals surface area contributed by atoms with E-state index in [2.05, 4.69) is 5.32 Å². The first-order chi connectivity index (χ1) is 11.7. The van der Waals surface area contributed by atoms with Crippen LogP contribution >= 0.6 is 0 Å². The molecule has 1 atom stereocenters. The van der Waals surface area contributed by atoms with Gasteiger partial charge in [0.1, 0.15) is 17.7 Å². The quantitative estimate of drug-likeness (QED) is 0.852. The van der Waals surface area contributed by atoms with Crippen LogP contribution in [0.1, 0.15) is 12.5 Å². The number of amides is 1. The molecule has 0 fully saturated rings. The van der Waals surface area contributed by atoms with Gasteiger partial charge in [0.25, 0.3) is 0 Å². The van der Waals surface area contributed by atoms with Crippen LogP contribution in [-0.2, 0) is 21.4 Å². The maximum Gasteiger partial charge on any atom is 0.243 e. The van der Waals surface area contributed by atoms with Crippen LogP contribution in [0.15, 0.2) is 48.5 Å². The molecule has 1 amide bonds. The molecule has 2 aromatic rings. The number of carbonyl (C=O) groups is 1. The van der Waals surface area contributed by atoms with Gasteiger partial charge in [-0.15, -0.1) is 0 Å². The van der Waals surface area contributed by atoms with Crippen molar-refractivity contribution in [3.05, 3.63) is 65.7 Å². The van der Waals surface area contributed by atoms with E-state index in [0.717, 1.165) is 22.7 Å². The second-order valence-electron chi connectivity index (χ2n) is 5.56. The van der Waals surface area contributed by atoms with E-state index in [1.807, 2.05) is 0 Å². The van der Waals surface area contributed by atoms with E-state index in [1.54, 1.807) is 0 Å². The van der Waals surface area contributed by atoms with Gasteiger partial charge in [-0.2, -0.15) is 0 Å². The number of hydrogen-bond acceptors (Lipinski definition) is 3. The van der Waals surface area contributed by atoms with Gasteiger partial charge < -0.3 is 5.32 Å². The van der Waals surface area contributed by atoms with Crippen LogP contribution in [0, 0.1) is 11.6 Å². The molecule has 0 saturated carbocycles. The van der Waals surface area contributed by atoms with E-state index in [0.29, 0.717) is 5.56 Å². The van der Waals surface area contributed by atoms with Gasteiger partial charge in [-0.05, 0) is 48.9 Å². The zero-order valence-corrected chi connectivity index (χ0v) is 14.6. The van der Waals surface area contributed by atoms with Crippen molar-refractivity contribution in [3.63, 3.8) is 0 Å². The first-order valence-electron chi connectivity index (χ1n) is 7.45. The predicted octanol–water partition coefficient (Wildman–Crippen LogP) is 2.44. The number of halogens is 2. The third kappa shape index (κ3) is 4.99. The molecular formula is C17H18F2N2O3S. The van der Waals surface area contributed by atoms with Crippen molar-refractivity contribution in [2.24, 2.45) is 0 Å². The Hall–Kier alpha value is -2.48. The van der Waals surface area contributed by atoms with Crippen molar-refractivity contribution in [1.29, 1.82) is 0 Å². The average molecular weight is 368 g/mol. The molecule has 0 aliphatic rings. The zero-order chi connectivity index (χ0) is 18.6. The summed E-state index contributed by atoms with van der Waals surface area (Å²) >= 11 is 0. The normalized spacial score (nSPS) is 12.5. The Morgan fingerprint density at radius 1 is 1.04 bits per heavy atom. The molecule has 134 valence electrons. The summed E-state index contributed by atoms with van der Waals surface area (Å²) in [6.07, 6.45) is 0.972. The minimum Gasteiger partial charge on any atom is -0.350 e. The van der Waals surface area contributed by atoms with Crippen molar-refractivity contribution < 1.29 is 22.0 Å². The van der Waals surface area contributed by atoms with Crippen molar-refractivity contribution in [1.82, 2.24) is 5.32 Å². The van der Waals surface area contributed by atoms with Gasteiger partial charge in [0.05, 0.1) is 11.9 Å². The van der Waals surface area contributed by atoms with E-state index in [4.69, 9.17) is 0 Å². The highest BCUT2D eigenvalue weighted by atomic mass is 32.2. The molecule has 0 heterocycles. The molecule has 1 N–H and O–H groups in total. The van der Waals surface area contributed by atoms with Crippen LogP contribution < -0.4 is 9.62 Å². The molecule has 0 aliphatic carbocycles. The summed E-state index contributed by atoms with van der Waals surface area (Å²) in [5.74, 6) is -1.42. The molecule has 25 heavy (non-hydrogen) atoms. The molecular weight excluding hydrogens is 350 g/mol. The van der Waals surface area contributed by atoms with Gasteiger partial charge in [0.2, 0.25) is 15.9 Å². The Bertz CT molecular complexity index is 837. The van der Waals surface area contributed by atoms with E-state index in [-0.39, 0.29) is 18.0 Å². The van der Waals surface area contributed by atoms with Crippen LogP contribution in [0.4, 0.5) is 14.5 Å². The van der Waals surface area contributed by atoms with E-state index >= 15 is 0 Å². The summed E-state index contributed by atoms with van der Waals surface area (Å²) in [6.45, 7) is 1.56. The van der Waals surface area contributed by atoms with Gasteiger partial charge in [-0.25, -0.2) is 17.2 Å². The van der Waals surface area contributed by atoms with Crippen molar-refractivity contribution in [3.8, 4) is 0 Å². The Kier molecular flexibility index (Phi) is 5.73. The Morgan fingerprint density at radius 3 is 2.00 bits per heavy atom. The molecule has 0 radical (unpaired) electrons. The standard InChI is InChI=1S/C17H18F2N2O3S/c1-12(17(22)20-11-13-3-5-14(18)6-4-13)21(25(2,23)24)16-9-7-15(19)8-10-16/h3-10,12H,11H2,1-2H3,(H,20,22)/t12-/m1/s1. The topological polar surface area (TPSA) is 66.5 Å². The van der Waals surface area contributed by atoms with Gasteiger partial charge in [0, 0.05) is 6.54 Å². The van der Waals surface area contributed by atoms with Crippen LogP contribution in [0.5, 0.6) is 0 Å². The smallest absolute Gasteiger partial charge is 0.243 e. The molecule has 0 spiro atoms. The number of nitrogens with one attached hydrogen (secondary N) is 1. The molecule has 0 unspecified atom stereocenters. The Morgan fingerprint density at radius 2 is 1.52 bits per heavy atom. The fraction of sp³-hybridized carbons (Fsp3) is 0.235. The minimum atomic E-state index is -3.76. The van der Waals surface area contributed by atoms with Crippen molar-refractivity contribution >= 4 is 21.6 Å². The molecule has 8 heteroatoms. The molecule has 0 saturated heterocycles. The fourth-order valence-corrected chi connectivity index (χ4v) is 3.51. The van der Waals surface area contributed by atoms with Gasteiger partial charge in [-0.3, -0.25) is 9.10 Å². The van der Waals surface area contributed by atoms with E-state index in [9.17, 15) is 22.0 Å². The number of nitrogens with zero attached hydrogens (tertiary/aromatic N) is 1. The Labute approximate surface area is 145 Å². The number of anilines is 1. The first kappa shape index (κ1) is 18.9. The summed E-state index contributed by atoms with van der Waals surface area (Å²) in [5, 5.41) is 2.61. The van der Waals surface area contributed by atoms with Crippen LogP contribution in [0.3, 0.4) is 0 Å². The highest BCUT2D eigenvalue weighted by Crippen LogP contribution is 2.21. The predicted molar refractivity (Wildman–Crippen MR) is 91.4 cm³/mol. The average Bonchev–Trinajstić information content (AvgIpc) is 2.54. The second kappa shape index (κ2) is 7.60. The minimum absolute atomic E-state index is 0.129. The lowest BCUT2D eigenvalue weighted by Gasteiger charge is -2.28. The molecule has 0 aromatic heterocycles. The number of benzene rings is 2. The fourth-order valence-electron chi connectivity index (χ4n) is 2.34. The molecule has 2 aromatic carbocycles. The third-order valence-corrected chi connectivity index (χ3v) is 4.79. The number of rotatable bonds is 6. The summed E-state index contributed by atoms with van der Waals surface area (Å²) in [6, 6.07) is 9.37. The lowest BCUT2D eigenvalue weighted by Crippen LogP contribution is -2.47. The largest absolute Gasteiger partial charge is 0.350 e. The summed E-state index contributed by atoms with van der Waals surface area (Å²) in [5.41, 5.74) is 0.864. The van der Waals surface area contributed by atoms with Crippen LogP contribution in [0.25, 0.3) is 0 Å². The van der Waals surface area contributed by atoms with E-state index < -0.39 is 27.8 Å². The Balaban J connectivity index is 2.15. The number of sulfonamides is 1. The molecule has 5 nitrogen and oxygen atoms in total. The van der Waals surface area contributed by atoms with Gasteiger partial charge in [0.15, 0.2) is 0 Å².